The molecule has 0 spiro atoms. The minimum atomic E-state index is -3.86. The van der Waals surface area contributed by atoms with E-state index in [1.54, 1.807) is 0 Å². The summed E-state index contributed by atoms with van der Waals surface area (Å²) in [5.41, 5.74) is 0. The van der Waals surface area contributed by atoms with Crippen LogP contribution >= 0.6 is 8.19 Å². The molecule has 0 rings (SSSR count). The lowest BCUT2D eigenvalue weighted by Crippen LogP contribution is -2.36. The van der Waals surface area contributed by atoms with Crippen LogP contribution in [0.4, 0.5) is 0 Å². The van der Waals surface area contributed by atoms with Crippen molar-refractivity contribution in [1.82, 2.24) is 0 Å². The van der Waals surface area contributed by atoms with Crippen molar-refractivity contribution < 1.29 is 13.0 Å². The molecule has 0 aliphatic carbocycles. The summed E-state index contributed by atoms with van der Waals surface area (Å²) in [6.07, 6.45) is 0. The first-order chi connectivity index (χ1) is 5.82. The normalized spacial score (nSPS) is 16.5. The Morgan fingerprint density at radius 2 is 1.15 bits per heavy atom. The Morgan fingerprint density at radius 3 is 1.15 bits per heavy atom. The van der Waals surface area contributed by atoms with E-state index in [4.69, 9.17) is 0 Å². The highest BCUT2D eigenvalue weighted by molar-refractivity contribution is 8.98. The number of rotatable bonds is 5. The summed E-state index contributed by atoms with van der Waals surface area (Å²) in [4.78, 5) is 0. The van der Waals surface area contributed by atoms with Gasteiger partial charge in [0.2, 0.25) is 0 Å². The molecule has 0 fully saturated rings. The Balaban J connectivity index is 5.63. The highest BCUT2D eigenvalue weighted by Gasteiger charge is 2.46. The van der Waals surface area contributed by atoms with Gasteiger partial charge in [-0.15, -0.1) is 0 Å². The molecule has 0 aromatic rings. The lowest BCUT2D eigenvalue weighted by molar-refractivity contribution is 0.500. The maximum Gasteiger partial charge on any atom is 0.287 e. The predicted molar refractivity (Wildman–Crippen MR) is 62.7 cm³/mol. The van der Waals surface area contributed by atoms with Gasteiger partial charge >= 0.3 is 0 Å². The van der Waals surface area contributed by atoms with Crippen molar-refractivity contribution in [3.63, 3.8) is 0 Å². The van der Waals surface area contributed by atoms with Crippen LogP contribution in [0.5, 0.6) is 0 Å². The summed E-state index contributed by atoms with van der Waals surface area (Å²) < 4.78 is 32.4. The average Bonchev–Trinajstić information content (AvgIpc) is 2.08. The summed E-state index contributed by atoms with van der Waals surface area (Å²) in [5.74, 6) is 2.36. The fraction of sp³-hybridized carbons (Fsp3) is 1.00. The van der Waals surface area contributed by atoms with Crippen LogP contribution in [-0.4, -0.2) is 36.0 Å². The minimum Gasteiger partial charge on any atom is -0.279 e. The van der Waals surface area contributed by atoms with E-state index in [9.17, 15) is 13.0 Å². The van der Waals surface area contributed by atoms with Crippen LogP contribution in [0.15, 0.2) is 0 Å². The fourth-order valence-corrected chi connectivity index (χ4v) is 9.90. The van der Waals surface area contributed by atoms with Crippen molar-refractivity contribution in [2.45, 2.75) is 27.7 Å². The Labute approximate surface area is 81.3 Å². The second kappa shape index (κ2) is 3.79. The van der Waals surface area contributed by atoms with E-state index < -0.39 is 17.3 Å². The lowest BCUT2D eigenvalue weighted by atomic mass is 10.9. The molecule has 0 unspecified atom stereocenters. The summed E-state index contributed by atoms with van der Waals surface area (Å²) in [7, 11) is -6.75. The van der Waals surface area contributed by atoms with Crippen molar-refractivity contribution in [2.24, 2.45) is 0 Å². The van der Waals surface area contributed by atoms with Gasteiger partial charge in [0.15, 0.2) is 0 Å². The highest BCUT2D eigenvalue weighted by Crippen LogP contribution is 2.72. The molecule has 0 saturated carbocycles. The van der Waals surface area contributed by atoms with E-state index >= 15 is 0 Å². The van der Waals surface area contributed by atoms with Gasteiger partial charge in [-0.3, -0.25) is 4.55 Å². The highest BCUT2D eigenvalue weighted by atomic mass is 33.2. The van der Waals surface area contributed by atoms with Gasteiger partial charge in [0, 0.05) is 0 Å². The molecule has 3 nitrogen and oxygen atoms in total. The van der Waals surface area contributed by atoms with Crippen molar-refractivity contribution >= 4 is 17.3 Å². The Bertz CT molecular complexity index is 242. The fourth-order valence-electron chi connectivity index (χ4n) is 1.99. The molecule has 0 aromatic heterocycles. The van der Waals surface area contributed by atoms with Crippen LogP contribution in [0.3, 0.4) is 0 Å². The predicted octanol–water partition coefficient (Wildman–Crippen LogP) is 1.94. The van der Waals surface area contributed by atoms with Crippen molar-refractivity contribution in [3.8, 4) is 0 Å². The molecular formula is C8H22O3S2. The molecule has 0 atom stereocenters. The summed E-state index contributed by atoms with van der Waals surface area (Å²) in [6.45, 7) is 7.51. The first-order valence-corrected chi connectivity index (χ1v) is 9.81. The van der Waals surface area contributed by atoms with Crippen LogP contribution < -0.4 is 0 Å². The molecule has 0 aliphatic heterocycles. The van der Waals surface area contributed by atoms with Crippen molar-refractivity contribution in [2.75, 3.05) is 23.0 Å². The second-order valence-electron chi connectivity index (χ2n) is 3.57. The third-order valence-electron chi connectivity index (χ3n) is 3.85. The van der Waals surface area contributed by atoms with E-state index in [1.807, 2.05) is 27.7 Å². The summed E-state index contributed by atoms with van der Waals surface area (Å²) in [5, 5.41) is 0. The van der Waals surface area contributed by atoms with Gasteiger partial charge in [0.1, 0.15) is 0 Å². The maximum absolute atomic E-state index is 11.5. The third kappa shape index (κ3) is 1.62. The molecule has 0 radical (unpaired) electrons. The van der Waals surface area contributed by atoms with Crippen molar-refractivity contribution in [3.05, 3.63) is 0 Å². The maximum atomic E-state index is 11.5. The molecule has 0 aliphatic rings. The van der Waals surface area contributed by atoms with Gasteiger partial charge in [-0.2, -0.15) is 16.6 Å². The van der Waals surface area contributed by atoms with Crippen LogP contribution in [0.1, 0.15) is 27.7 Å². The number of hydrogen-bond donors (Lipinski definition) is 2. The standard InChI is InChI=1S/C8H22O3S2/c1-5-13(6-2,7-3,8-4)12(9,10)11/h13H,5-8H2,1-4H3,(H,9,10,11). The topological polar surface area (TPSA) is 54.4 Å². The Morgan fingerprint density at radius 1 is 0.923 bits per heavy atom. The molecule has 0 bridgehead atoms. The van der Waals surface area contributed by atoms with E-state index in [0.29, 0.717) is 23.0 Å². The van der Waals surface area contributed by atoms with Gasteiger partial charge in [-0.05, 0) is 23.0 Å². The van der Waals surface area contributed by atoms with Gasteiger partial charge in [-0.1, -0.05) is 27.7 Å². The third-order valence-corrected chi connectivity index (χ3v) is 18.6. The summed E-state index contributed by atoms with van der Waals surface area (Å²) >= 11 is 0. The minimum absolute atomic E-state index is 0.591. The van der Waals surface area contributed by atoms with Crippen molar-refractivity contribution in [1.29, 1.82) is 0 Å². The molecular weight excluding hydrogens is 208 g/mol. The van der Waals surface area contributed by atoms with Crippen LogP contribution in [0.2, 0.25) is 0 Å². The van der Waals surface area contributed by atoms with Gasteiger partial charge in [-0.25, -0.2) is 0 Å². The smallest absolute Gasteiger partial charge is 0.279 e. The zero-order valence-electron chi connectivity index (χ0n) is 8.95. The van der Waals surface area contributed by atoms with Crippen LogP contribution in [-0.2, 0) is 9.15 Å². The Hall–Kier alpha value is 0.260. The van der Waals surface area contributed by atoms with Gasteiger partial charge in [0.05, 0.1) is 0 Å². The number of hydrogen-bond acceptors (Lipinski definition) is 2. The average molecular weight is 230 g/mol. The molecule has 84 valence electrons. The van der Waals surface area contributed by atoms with E-state index in [1.165, 1.54) is 0 Å². The largest absolute Gasteiger partial charge is 0.287 e. The monoisotopic (exact) mass is 230 g/mol. The SMILES string of the molecule is CC[SH](CC)(CC)(CC)S(=O)(=O)O. The zero-order valence-corrected chi connectivity index (χ0v) is 10.7. The molecule has 0 amide bonds. The quantitative estimate of drug-likeness (QED) is 0.431. The van der Waals surface area contributed by atoms with Gasteiger partial charge in [0.25, 0.3) is 9.15 Å². The van der Waals surface area contributed by atoms with Crippen LogP contribution in [0, 0.1) is 0 Å². The molecule has 5 heteroatoms. The Kier molecular flexibility index (Phi) is 3.86. The molecule has 13 heavy (non-hydrogen) atoms. The number of thiol groups is 1. The summed E-state index contributed by atoms with van der Waals surface area (Å²) in [6, 6.07) is 0. The molecule has 0 aromatic carbocycles. The van der Waals surface area contributed by atoms with Crippen LogP contribution in [0.25, 0.3) is 0 Å². The van der Waals surface area contributed by atoms with E-state index in [-0.39, 0.29) is 0 Å². The second-order valence-corrected chi connectivity index (χ2v) is 15.2. The lowest BCUT2D eigenvalue weighted by Gasteiger charge is -2.56. The first kappa shape index (κ1) is 13.3. The zero-order chi connectivity index (χ0) is 10.8. The van der Waals surface area contributed by atoms with E-state index in [0.717, 1.165) is 0 Å². The van der Waals surface area contributed by atoms with Gasteiger partial charge < -0.3 is 0 Å². The molecule has 1 N–H and O–H groups in total. The van der Waals surface area contributed by atoms with E-state index in [2.05, 4.69) is 0 Å². The molecule has 0 heterocycles. The first-order valence-electron chi connectivity index (χ1n) is 4.79. The molecule has 0 saturated heterocycles.